The smallest absolute Gasteiger partial charge is 0.311 e. The number of hydrogen-bond donors (Lipinski definition) is 2. The molecule has 0 aliphatic rings. The number of aliphatic hydroxyl groups is 1. The molecule has 2 N–H and O–H groups in total. The highest BCUT2D eigenvalue weighted by Gasteiger charge is 2.17. The van der Waals surface area contributed by atoms with E-state index in [4.69, 9.17) is 5.11 Å². The standard InChI is InChI=1S/C12H12BrN3O3/c13-8-2-3-10-9(6-8)12(14-4-1-5-17)11(7-15-10)16(18)19/h2-3,6-7,17H,1,4-5H2,(H,14,15). The number of halogens is 1. The number of nitrogens with zero attached hydrogens (tertiary/aromatic N) is 2. The Hall–Kier alpha value is -1.73. The van der Waals surface area contributed by atoms with E-state index in [-0.39, 0.29) is 12.3 Å². The summed E-state index contributed by atoms with van der Waals surface area (Å²) in [5.41, 5.74) is 1.05. The largest absolute Gasteiger partial charge is 0.396 e. The normalized spacial score (nSPS) is 10.6. The molecule has 0 saturated heterocycles. The lowest BCUT2D eigenvalue weighted by Gasteiger charge is -2.09. The zero-order valence-corrected chi connectivity index (χ0v) is 11.6. The minimum absolute atomic E-state index is 0.0352. The first-order chi connectivity index (χ1) is 9.13. The maximum absolute atomic E-state index is 11.0. The molecule has 1 aromatic heterocycles. The molecule has 0 radical (unpaired) electrons. The molecule has 0 fully saturated rings. The van der Waals surface area contributed by atoms with Crippen LogP contribution in [0.15, 0.2) is 28.9 Å². The predicted molar refractivity (Wildman–Crippen MR) is 76.3 cm³/mol. The van der Waals surface area contributed by atoms with E-state index in [0.717, 1.165) is 4.47 Å². The van der Waals surface area contributed by atoms with E-state index in [1.54, 1.807) is 12.1 Å². The molecule has 0 atom stereocenters. The molecule has 0 spiro atoms. The van der Waals surface area contributed by atoms with Crippen molar-refractivity contribution in [1.29, 1.82) is 0 Å². The highest BCUT2D eigenvalue weighted by Crippen LogP contribution is 2.33. The van der Waals surface area contributed by atoms with Gasteiger partial charge in [0.1, 0.15) is 11.9 Å². The van der Waals surface area contributed by atoms with Crippen LogP contribution < -0.4 is 5.32 Å². The third kappa shape index (κ3) is 2.99. The second-order valence-electron chi connectivity index (χ2n) is 3.94. The molecule has 6 nitrogen and oxygen atoms in total. The summed E-state index contributed by atoms with van der Waals surface area (Å²) in [4.78, 5) is 14.7. The topological polar surface area (TPSA) is 88.3 Å². The van der Waals surface area contributed by atoms with Crippen molar-refractivity contribution in [2.24, 2.45) is 0 Å². The van der Waals surface area contributed by atoms with Gasteiger partial charge < -0.3 is 10.4 Å². The number of aliphatic hydroxyl groups excluding tert-OH is 1. The van der Waals surface area contributed by atoms with Gasteiger partial charge in [-0.3, -0.25) is 10.1 Å². The van der Waals surface area contributed by atoms with Crippen molar-refractivity contribution in [2.45, 2.75) is 6.42 Å². The van der Waals surface area contributed by atoms with E-state index in [0.29, 0.717) is 29.6 Å². The van der Waals surface area contributed by atoms with Gasteiger partial charge in [-0.05, 0) is 24.6 Å². The van der Waals surface area contributed by atoms with Crippen LogP contribution in [0.5, 0.6) is 0 Å². The molecule has 0 bridgehead atoms. The Kier molecular flexibility index (Phi) is 4.28. The van der Waals surface area contributed by atoms with Crippen molar-refractivity contribution in [3.63, 3.8) is 0 Å². The Bertz CT molecular complexity index is 618. The zero-order chi connectivity index (χ0) is 13.8. The Morgan fingerprint density at radius 3 is 2.95 bits per heavy atom. The van der Waals surface area contributed by atoms with Gasteiger partial charge in [-0.15, -0.1) is 0 Å². The number of hydrogen-bond acceptors (Lipinski definition) is 5. The highest BCUT2D eigenvalue weighted by atomic mass is 79.9. The van der Waals surface area contributed by atoms with E-state index >= 15 is 0 Å². The highest BCUT2D eigenvalue weighted by molar-refractivity contribution is 9.10. The number of nitro groups is 1. The van der Waals surface area contributed by atoms with Crippen molar-refractivity contribution < 1.29 is 10.0 Å². The summed E-state index contributed by atoms with van der Waals surface area (Å²) < 4.78 is 0.826. The number of anilines is 1. The molecular weight excluding hydrogens is 314 g/mol. The molecule has 0 aliphatic heterocycles. The summed E-state index contributed by atoms with van der Waals surface area (Å²) in [6.45, 7) is 0.497. The summed E-state index contributed by atoms with van der Waals surface area (Å²) in [5, 5.41) is 23.5. The maximum atomic E-state index is 11.0. The van der Waals surface area contributed by atoms with Crippen molar-refractivity contribution in [3.05, 3.63) is 39.0 Å². The molecule has 100 valence electrons. The van der Waals surface area contributed by atoms with Crippen LogP contribution in [-0.4, -0.2) is 28.2 Å². The van der Waals surface area contributed by atoms with E-state index < -0.39 is 4.92 Å². The fourth-order valence-electron chi connectivity index (χ4n) is 1.77. The maximum Gasteiger partial charge on any atom is 0.311 e. The molecular formula is C12H12BrN3O3. The number of nitrogens with one attached hydrogen (secondary N) is 1. The monoisotopic (exact) mass is 325 g/mol. The SMILES string of the molecule is O=[N+]([O-])c1cnc2ccc(Br)cc2c1NCCCO. The van der Waals surface area contributed by atoms with E-state index in [2.05, 4.69) is 26.2 Å². The quantitative estimate of drug-likeness (QED) is 0.501. The second-order valence-corrected chi connectivity index (χ2v) is 4.86. The summed E-state index contributed by atoms with van der Waals surface area (Å²) in [6, 6.07) is 5.41. The average molecular weight is 326 g/mol. The second kappa shape index (κ2) is 5.94. The van der Waals surface area contributed by atoms with Crippen LogP contribution in [0.1, 0.15) is 6.42 Å². The zero-order valence-electron chi connectivity index (χ0n) is 9.97. The lowest BCUT2D eigenvalue weighted by Crippen LogP contribution is -2.07. The molecule has 2 rings (SSSR count). The van der Waals surface area contributed by atoms with Crippen LogP contribution in [0.2, 0.25) is 0 Å². The predicted octanol–water partition coefficient (Wildman–Crippen LogP) is 2.70. The Balaban J connectivity index is 2.54. The molecule has 0 unspecified atom stereocenters. The van der Waals surface area contributed by atoms with Crippen molar-refractivity contribution in [3.8, 4) is 0 Å². The van der Waals surface area contributed by atoms with Gasteiger partial charge in [0.05, 0.1) is 10.4 Å². The summed E-state index contributed by atoms with van der Waals surface area (Å²) in [5.74, 6) is 0. The van der Waals surface area contributed by atoms with Crippen LogP contribution in [0.3, 0.4) is 0 Å². The molecule has 1 aromatic carbocycles. The van der Waals surface area contributed by atoms with Gasteiger partial charge in [0, 0.05) is 23.0 Å². The minimum atomic E-state index is -0.464. The molecule has 1 heterocycles. The van der Waals surface area contributed by atoms with Crippen LogP contribution in [0.4, 0.5) is 11.4 Å². The van der Waals surface area contributed by atoms with Gasteiger partial charge in [-0.2, -0.15) is 0 Å². The summed E-state index contributed by atoms with van der Waals surface area (Å²) in [7, 11) is 0. The van der Waals surface area contributed by atoms with Crippen LogP contribution in [0, 0.1) is 10.1 Å². The summed E-state index contributed by atoms with van der Waals surface area (Å²) >= 11 is 3.34. The van der Waals surface area contributed by atoms with Gasteiger partial charge in [-0.1, -0.05) is 15.9 Å². The van der Waals surface area contributed by atoms with Gasteiger partial charge in [-0.25, -0.2) is 4.98 Å². The Labute approximate surface area is 117 Å². The minimum Gasteiger partial charge on any atom is -0.396 e. The van der Waals surface area contributed by atoms with Crippen molar-refractivity contribution in [1.82, 2.24) is 4.98 Å². The van der Waals surface area contributed by atoms with Gasteiger partial charge in [0.2, 0.25) is 0 Å². The van der Waals surface area contributed by atoms with Crippen molar-refractivity contribution in [2.75, 3.05) is 18.5 Å². The molecule has 0 amide bonds. The average Bonchev–Trinajstić information content (AvgIpc) is 2.38. The number of benzene rings is 1. The molecule has 7 heteroatoms. The Morgan fingerprint density at radius 2 is 2.26 bits per heavy atom. The van der Waals surface area contributed by atoms with Gasteiger partial charge >= 0.3 is 5.69 Å². The molecule has 2 aromatic rings. The van der Waals surface area contributed by atoms with Gasteiger partial charge in [0.15, 0.2) is 0 Å². The molecule has 19 heavy (non-hydrogen) atoms. The lowest BCUT2D eigenvalue weighted by atomic mass is 10.1. The first kappa shape index (κ1) is 13.7. The van der Waals surface area contributed by atoms with Crippen LogP contribution in [0.25, 0.3) is 10.9 Å². The number of fused-ring (bicyclic) bond motifs is 1. The third-order valence-electron chi connectivity index (χ3n) is 2.64. The van der Waals surface area contributed by atoms with Crippen molar-refractivity contribution >= 4 is 38.2 Å². The fourth-order valence-corrected chi connectivity index (χ4v) is 2.13. The lowest BCUT2D eigenvalue weighted by molar-refractivity contribution is -0.384. The number of aromatic nitrogens is 1. The number of pyridine rings is 1. The number of rotatable bonds is 5. The fraction of sp³-hybridized carbons (Fsp3) is 0.250. The van der Waals surface area contributed by atoms with E-state index in [1.807, 2.05) is 6.07 Å². The Morgan fingerprint density at radius 1 is 1.47 bits per heavy atom. The van der Waals surface area contributed by atoms with Gasteiger partial charge in [0.25, 0.3) is 0 Å². The first-order valence-electron chi connectivity index (χ1n) is 5.71. The van der Waals surface area contributed by atoms with Crippen LogP contribution in [-0.2, 0) is 0 Å². The van der Waals surface area contributed by atoms with E-state index in [9.17, 15) is 10.1 Å². The molecule has 0 saturated carbocycles. The van der Waals surface area contributed by atoms with E-state index in [1.165, 1.54) is 6.20 Å². The molecule has 0 aliphatic carbocycles. The van der Waals surface area contributed by atoms with Crippen LogP contribution >= 0.6 is 15.9 Å². The first-order valence-corrected chi connectivity index (χ1v) is 6.50. The summed E-state index contributed by atoms with van der Waals surface area (Å²) in [6.07, 6.45) is 1.77. The third-order valence-corrected chi connectivity index (χ3v) is 3.14.